The minimum atomic E-state index is -0.575. The van der Waals surface area contributed by atoms with Crippen LogP contribution in [0.25, 0.3) is 0 Å². The lowest BCUT2D eigenvalue weighted by molar-refractivity contribution is -0.168. The molecule has 1 saturated carbocycles. The predicted octanol–water partition coefficient (Wildman–Crippen LogP) is -0.385. The van der Waals surface area contributed by atoms with E-state index in [1.54, 1.807) is 0 Å². The number of ether oxygens (including phenoxy) is 3. The molecule has 0 spiro atoms. The Labute approximate surface area is 89.5 Å². The minimum absolute atomic E-state index is 0.0212. The van der Waals surface area contributed by atoms with Gasteiger partial charge in [0.1, 0.15) is 12.2 Å². The zero-order valence-corrected chi connectivity index (χ0v) is 9.18. The molecule has 0 amide bonds. The second-order valence-electron chi connectivity index (χ2n) is 4.60. The average molecular weight is 217 g/mol. The van der Waals surface area contributed by atoms with Crippen LogP contribution < -0.4 is 5.73 Å². The standard InChI is InChI=1S/C10H19NO4/c1-10(2)14-8-6(11)5-7(9(8)15-10)13-4-3-12/h6-9,12H,3-5,11H2,1-2H3/t6-,7-,8-,9-/m1/s1. The summed E-state index contributed by atoms with van der Waals surface area (Å²) in [6.07, 6.45) is 0.495. The van der Waals surface area contributed by atoms with Crippen molar-refractivity contribution in [2.24, 2.45) is 5.73 Å². The topological polar surface area (TPSA) is 73.9 Å². The Morgan fingerprint density at radius 1 is 1.40 bits per heavy atom. The molecule has 1 aliphatic carbocycles. The summed E-state index contributed by atoms with van der Waals surface area (Å²) in [6, 6.07) is -0.0412. The fraction of sp³-hybridized carbons (Fsp3) is 1.00. The summed E-state index contributed by atoms with van der Waals surface area (Å²) in [5.74, 6) is -0.575. The maximum Gasteiger partial charge on any atom is 0.163 e. The van der Waals surface area contributed by atoms with Crippen LogP contribution in [0.2, 0.25) is 0 Å². The van der Waals surface area contributed by atoms with Gasteiger partial charge in [0, 0.05) is 6.04 Å². The van der Waals surface area contributed by atoms with Crippen LogP contribution in [-0.4, -0.2) is 48.5 Å². The average Bonchev–Trinajstić information content (AvgIpc) is 2.60. The highest BCUT2D eigenvalue weighted by atomic mass is 16.8. The van der Waals surface area contributed by atoms with Gasteiger partial charge in [-0.15, -0.1) is 0 Å². The summed E-state index contributed by atoms with van der Waals surface area (Å²) in [7, 11) is 0. The molecule has 88 valence electrons. The first-order chi connectivity index (χ1) is 7.03. The molecular formula is C10H19NO4. The van der Waals surface area contributed by atoms with Gasteiger partial charge in [0.15, 0.2) is 5.79 Å². The summed E-state index contributed by atoms with van der Waals surface area (Å²) in [4.78, 5) is 0. The van der Waals surface area contributed by atoms with Crippen LogP contribution in [0, 0.1) is 0 Å². The van der Waals surface area contributed by atoms with E-state index in [-0.39, 0.29) is 31.0 Å². The van der Waals surface area contributed by atoms with E-state index in [2.05, 4.69) is 0 Å². The number of hydrogen-bond donors (Lipinski definition) is 2. The Bertz CT molecular complexity index is 233. The van der Waals surface area contributed by atoms with Gasteiger partial charge in [0.05, 0.1) is 19.3 Å². The van der Waals surface area contributed by atoms with Gasteiger partial charge in [-0.2, -0.15) is 0 Å². The summed E-state index contributed by atoms with van der Waals surface area (Å²) >= 11 is 0. The second kappa shape index (κ2) is 3.99. The first kappa shape index (κ1) is 11.3. The molecule has 15 heavy (non-hydrogen) atoms. The van der Waals surface area contributed by atoms with Gasteiger partial charge in [-0.1, -0.05) is 0 Å². The van der Waals surface area contributed by atoms with Crippen molar-refractivity contribution in [3.63, 3.8) is 0 Å². The van der Waals surface area contributed by atoms with Gasteiger partial charge in [-0.05, 0) is 20.3 Å². The van der Waals surface area contributed by atoms with Crippen LogP contribution in [0.15, 0.2) is 0 Å². The van der Waals surface area contributed by atoms with Crippen LogP contribution in [-0.2, 0) is 14.2 Å². The molecule has 0 aromatic carbocycles. The molecule has 4 atom stereocenters. The third-order valence-electron chi connectivity index (χ3n) is 2.88. The molecular weight excluding hydrogens is 198 g/mol. The van der Waals surface area contributed by atoms with Crippen molar-refractivity contribution in [3.05, 3.63) is 0 Å². The third-order valence-corrected chi connectivity index (χ3v) is 2.88. The van der Waals surface area contributed by atoms with E-state index < -0.39 is 5.79 Å². The van der Waals surface area contributed by atoms with Crippen molar-refractivity contribution in [2.75, 3.05) is 13.2 Å². The van der Waals surface area contributed by atoms with Gasteiger partial charge < -0.3 is 25.1 Å². The van der Waals surface area contributed by atoms with Gasteiger partial charge in [0.25, 0.3) is 0 Å². The number of aliphatic hydroxyl groups is 1. The minimum Gasteiger partial charge on any atom is -0.394 e. The molecule has 0 aromatic heterocycles. The predicted molar refractivity (Wildman–Crippen MR) is 53.2 cm³/mol. The van der Waals surface area contributed by atoms with Crippen molar-refractivity contribution < 1.29 is 19.3 Å². The van der Waals surface area contributed by atoms with E-state index in [4.69, 9.17) is 25.1 Å². The fourth-order valence-electron chi connectivity index (χ4n) is 2.34. The van der Waals surface area contributed by atoms with E-state index in [0.29, 0.717) is 6.61 Å². The van der Waals surface area contributed by atoms with Crippen molar-refractivity contribution in [1.82, 2.24) is 0 Å². The summed E-state index contributed by atoms with van der Waals surface area (Å²) in [5.41, 5.74) is 5.96. The van der Waals surface area contributed by atoms with Gasteiger partial charge in [-0.25, -0.2) is 0 Å². The zero-order valence-electron chi connectivity index (χ0n) is 9.18. The normalized spacial score (nSPS) is 43.2. The van der Waals surface area contributed by atoms with E-state index in [9.17, 15) is 0 Å². The quantitative estimate of drug-likeness (QED) is 0.674. The Morgan fingerprint density at radius 3 is 2.73 bits per heavy atom. The molecule has 0 bridgehead atoms. The molecule has 5 heteroatoms. The molecule has 5 nitrogen and oxygen atoms in total. The smallest absolute Gasteiger partial charge is 0.163 e. The molecule has 2 rings (SSSR count). The van der Waals surface area contributed by atoms with Crippen molar-refractivity contribution >= 4 is 0 Å². The molecule has 0 radical (unpaired) electrons. The first-order valence-electron chi connectivity index (χ1n) is 5.37. The van der Waals surface area contributed by atoms with E-state index in [1.165, 1.54) is 0 Å². The number of fused-ring (bicyclic) bond motifs is 1. The number of rotatable bonds is 3. The fourth-order valence-corrected chi connectivity index (χ4v) is 2.34. The lowest BCUT2D eigenvalue weighted by Gasteiger charge is -2.22. The van der Waals surface area contributed by atoms with E-state index in [1.807, 2.05) is 13.8 Å². The summed E-state index contributed by atoms with van der Waals surface area (Å²) in [5, 5.41) is 8.71. The molecule has 2 fully saturated rings. The van der Waals surface area contributed by atoms with Crippen molar-refractivity contribution in [1.29, 1.82) is 0 Å². The van der Waals surface area contributed by atoms with Crippen molar-refractivity contribution in [3.8, 4) is 0 Å². The zero-order chi connectivity index (χ0) is 11.1. The van der Waals surface area contributed by atoms with E-state index >= 15 is 0 Å². The number of aliphatic hydroxyl groups excluding tert-OH is 1. The first-order valence-corrected chi connectivity index (χ1v) is 5.37. The highest BCUT2D eigenvalue weighted by molar-refractivity contribution is 5.01. The molecule has 3 N–H and O–H groups in total. The molecule has 2 aliphatic rings. The van der Waals surface area contributed by atoms with Gasteiger partial charge in [0.2, 0.25) is 0 Å². The van der Waals surface area contributed by atoms with Gasteiger partial charge in [-0.3, -0.25) is 0 Å². The Balaban J connectivity index is 1.99. The monoisotopic (exact) mass is 217 g/mol. The highest BCUT2D eigenvalue weighted by Gasteiger charge is 2.53. The lowest BCUT2D eigenvalue weighted by atomic mass is 10.2. The molecule has 0 unspecified atom stereocenters. The second-order valence-corrected chi connectivity index (χ2v) is 4.60. The van der Waals surface area contributed by atoms with Gasteiger partial charge >= 0.3 is 0 Å². The molecule has 1 heterocycles. The number of hydrogen-bond acceptors (Lipinski definition) is 5. The number of nitrogens with two attached hydrogens (primary N) is 1. The Kier molecular flexibility index (Phi) is 3.00. The Morgan fingerprint density at radius 2 is 2.07 bits per heavy atom. The molecule has 0 aromatic rings. The van der Waals surface area contributed by atoms with Crippen LogP contribution in [0.5, 0.6) is 0 Å². The summed E-state index contributed by atoms with van der Waals surface area (Å²) < 4.78 is 16.9. The third kappa shape index (κ3) is 2.16. The van der Waals surface area contributed by atoms with Crippen molar-refractivity contribution in [2.45, 2.75) is 50.4 Å². The maximum atomic E-state index is 8.71. The Hall–Kier alpha value is -0.200. The molecule has 1 saturated heterocycles. The lowest BCUT2D eigenvalue weighted by Crippen LogP contribution is -2.35. The summed E-state index contributed by atoms with van der Waals surface area (Å²) in [6.45, 7) is 4.10. The van der Waals surface area contributed by atoms with Crippen LogP contribution in [0.1, 0.15) is 20.3 Å². The van der Waals surface area contributed by atoms with E-state index in [0.717, 1.165) is 6.42 Å². The molecule has 1 aliphatic heterocycles. The van der Waals surface area contributed by atoms with Crippen LogP contribution in [0.3, 0.4) is 0 Å². The maximum absolute atomic E-state index is 8.71. The van der Waals surface area contributed by atoms with Crippen LogP contribution >= 0.6 is 0 Å². The van der Waals surface area contributed by atoms with Crippen LogP contribution in [0.4, 0.5) is 0 Å². The highest BCUT2D eigenvalue weighted by Crippen LogP contribution is 2.38. The largest absolute Gasteiger partial charge is 0.394 e. The SMILES string of the molecule is CC1(C)O[C@H]2[C@H](O1)[C@H](OCCO)C[C@H]2N.